The lowest BCUT2D eigenvalue weighted by molar-refractivity contribution is 0.0703. The molecule has 1 aliphatic carbocycles. The highest BCUT2D eigenvalue weighted by Crippen LogP contribution is 2.28. The minimum absolute atomic E-state index is 0.139. The average Bonchev–Trinajstić information content (AvgIpc) is 3.29. The zero-order chi connectivity index (χ0) is 14.8. The number of carbonyl (C=O) groups excluding carboxylic acids is 1. The van der Waals surface area contributed by atoms with Crippen molar-refractivity contribution in [2.45, 2.75) is 45.6 Å². The molecule has 1 saturated carbocycles. The van der Waals surface area contributed by atoms with E-state index < -0.39 is 0 Å². The Balaban J connectivity index is 1.54. The fourth-order valence-electron chi connectivity index (χ4n) is 3.02. The van der Waals surface area contributed by atoms with Gasteiger partial charge in [0.2, 0.25) is 0 Å². The number of likely N-dealkylation sites (tertiary alicyclic amines) is 1. The number of hydrogen-bond acceptors (Lipinski definition) is 3. The van der Waals surface area contributed by atoms with Gasteiger partial charge in [-0.05, 0) is 64.1 Å². The van der Waals surface area contributed by atoms with Gasteiger partial charge in [0.05, 0.1) is 11.3 Å². The SMILES string of the molecule is Cc1ccc(C(=O)N2CCC(NCC3CC3)CC2)c(C)n1. The summed E-state index contributed by atoms with van der Waals surface area (Å²) in [5.74, 6) is 1.06. The summed E-state index contributed by atoms with van der Waals surface area (Å²) in [6.45, 7) is 6.75. The van der Waals surface area contributed by atoms with Gasteiger partial charge >= 0.3 is 0 Å². The van der Waals surface area contributed by atoms with Crippen molar-refractivity contribution >= 4 is 5.91 Å². The van der Waals surface area contributed by atoms with Crippen LogP contribution in [-0.2, 0) is 0 Å². The van der Waals surface area contributed by atoms with E-state index in [1.54, 1.807) is 0 Å². The second-order valence-corrected chi connectivity index (χ2v) is 6.50. The highest BCUT2D eigenvalue weighted by atomic mass is 16.2. The molecule has 0 spiro atoms. The van der Waals surface area contributed by atoms with E-state index in [0.29, 0.717) is 6.04 Å². The molecule has 0 bridgehead atoms. The highest BCUT2D eigenvalue weighted by Gasteiger charge is 2.26. The molecule has 1 amide bonds. The van der Waals surface area contributed by atoms with Crippen molar-refractivity contribution in [3.63, 3.8) is 0 Å². The highest BCUT2D eigenvalue weighted by molar-refractivity contribution is 5.95. The van der Waals surface area contributed by atoms with Crippen LogP contribution in [0.1, 0.15) is 47.4 Å². The van der Waals surface area contributed by atoms with Crippen LogP contribution < -0.4 is 5.32 Å². The Bertz CT molecular complexity index is 517. The maximum Gasteiger partial charge on any atom is 0.255 e. The molecular formula is C17H25N3O. The molecule has 0 atom stereocenters. The molecule has 4 nitrogen and oxygen atoms in total. The lowest BCUT2D eigenvalue weighted by Gasteiger charge is -2.32. The average molecular weight is 287 g/mol. The van der Waals surface area contributed by atoms with Gasteiger partial charge in [-0.3, -0.25) is 9.78 Å². The van der Waals surface area contributed by atoms with Gasteiger partial charge in [0.25, 0.3) is 5.91 Å². The first-order valence-corrected chi connectivity index (χ1v) is 8.10. The number of carbonyl (C=O) groups is 1. The quantitative estimate of drug-likeness (QED) is 0.924. The van der Waals surface area contributed by atoms with Crippen molar-refractivity contribution in [2.75, 3.05) is 19.6 Å². The topological polar surface area (TPSA) is 45.2 Å². The Kier molecular flexibility index (Phi) is 4.24. The molecule has 1 aromatic heterocycles. The van der Waals surface area contributed by atoms with E-state index in [0.717, 1.165) is 48.8 Å². The summed E-state index contributed by atoms with van der Waals surface area (Å²) in [6.07, 6.45) is 4.92. The van der Waals surface area contributed by atoms with Crippen LogP contribution in [-0.4, -0.2) is 41.5 Å². The van der Waals surface area contributed by atoms with E-state index in [2.05, 4.69) is 10.3 Å². The summed E-state index contributed by atoms with van der Waals surface area (Å²) in [6, 6.07) is 4.42. The zero-order valence-electron chi connectivity index (χ0n) is 13.1. The van der Waals surface area contributed by atoms with Gasteiger partial charge in [-0.1, -0.05) is 0 Å². The minimum Gasteiger partial charge on any atom is -0.338 e. The summed E-state index contributed by atoms with van der Waals surface area (Å²) in [5.41, 5.74) is 2.56. The van der Waals surface area contributed by atoms with Gasteiger partial charge in [-0.25, -0.2) is 0 Å². The number of piperidine rings is 1. The third kappa shape index (κ3) is 3.62. The predicted molar refractivity (Wildman–Crippen MR) is 83.4 cm³/mol. The molecule has 0 radical (unpaired) electrons. The largest absolute Gasteiger partial charge is 0.338 e. The summed E-state index contributed by atoms with van der Waals surface area (Å²) >= 11 is 0. The number of aromatic nitrogens is 1. The maximum absolute atomic E-state index is 12.6. The standard InChI is InChI=1S/C17H25N3O/c1-12-3-6-16(13(2)19-12)17(21)20-9-7-15(8-10-20)18-11-14-4-5-14/h3,6,14-15,18H,4-5,7-11H2,1-2H3. The Labute approximate surface area is 126 Å². The molecule has 3 rings (SSSR count). The molecule has 2 heterocycles. The number of amides is 1. The number of aryl methyl sites for hydroxylation is 2. The van der Waals surface area contributed by atoms with Crippen molar-refractivity contribution in [2.24, 2.45) is 5.92 Å². The molecule has 1 N–H and O–H groups in total. The van der Waals surface area contributed by atoms with Crippen molar-refractivity contribution < 1.29 is 4.79 Å². The first-order valence-electron chi connectivity index (χ1n) is 8.10. The van der Waals surface area contributed by atoms with E-state index in [9.17, 15) is 4.79 Å². The van der Waals surface area contributed by atoms with Crippen LogP contribution in [0.2, 0.25) is 0 Å². The number of nitrogens with one attached hydrogen (secondary N) is 1. The number of hydrogen-bond donors (Lipinski definition) is 1. The van der Waals surface area contributed by atoms with Gasteiger partial charge in [-0.15, -0.1) is 0 Å². The normalized spacial score (nSPS) is 19.8. The lowest BCUT2D eigenvalue weighted by Crippen LogP contribution is -2.45. The Morgan fingerprint density at radius 1 is 1.24 bits per heavy atom. The summed E-state index contributed by atoms with van der Waals surface area (Å²) in [7, 11) is 0. The van der Waals surface area contributed by atoms with Crippen LogP contribution in [0.4, 0.5) is 0 Å². The van der Waals surface area contributed by atoms with Gasteiger partial charge in [0, 0.05) is 24.8 Å². The third-order valence-electron chi connectivity index (χ3n) is 4.63. The van der Waals surface area contributed by atoms with Crippen LogP contribution in [0, 0.1) is 19.8 Å². The molecule has 1 aromatic rings. The zero-order valence-corrected chi connectivity index (χ0v) is 13.1. The lowest BCUT2D eigenvalue weighted by atomic mass is 10.0. The van der Waals surface area contributed by atoms with Crippen molar-refractivity contribution in [3.8, 4) is 0 Å². The fourth-order valence-corrected chi connectivity index (χ4v) is 3.02. The molecule has 2 fully saturated rings. The molecule has 0 aromatic carbocycles. The van der Waals surface area contributed by atoms with Crippen LogP contribution >= 0.6 is 0 Å². The molecule has 114 valence electrons. The van der Waals surface area contributed by atoms with Gasteiger partial charge in [-0.2, -0.15) is 0 Å². The van der Waals surface area contributed by atoms with Gasteiger partial charge in [0.1, 0.15) is 0 Å². The van der Waals surface area contributed by atoms with E-state index in [1.807, 2.05) is 30.9 Å². The smallest absolute Gasteiger partial charge is 0.255 e. The van der Waals surface area contributed by atoms with Crippen LogP contribution in [0.5, 0.6) is 0 Å². The first kappa shape index (κ1) is 14.5. The maximum atomic E-state index is 12.6. The molecule has 1 saturated heterocycles. The Hall–Kier alpha value is -1.42. The number of pyridine rings is 1. The van der Waals surface area contributed by atoms with Crippen molar-refractivity contribution in [3.05, 3.63) is 29.1 Å². The van der Waals surface area contributed by atoms with Crippen molar-refractivity contribution in [1.82, 2.24) is 15.2 Å². The molecule has 1 aliphatic heterocycles. The van der Waals surface area contributed by atoms with E-state index >= 15 is 0 Å². The van der Waals surface area contributed by atoms with Crippen LogP contribution in [0.3, 0.4) is 0 Å². The monoisotopic (exact) mass is 287 g/mol. The first-order chi connectivity index (χ1) is 10.1. The molecule has 2 aliphatic rings. The summed E-state index contributed by atoms with van der Waals surface area (Å²) in [4.78, 5) is 19.0. The molecule has 21 heavy (non-hydrogen) atoms. The summed E-state index contributed by atoms with van der Waals surface area (Å²) < 4.78 is 0. The van der Waals surface area contributed by atoms with Crippen LogP contribution in [0.15, 0.2) is 12.1 Å². The molecule has 0 unspecified atom stereocenters. The van der Waals surface area contributed by atoms with Gasteiger partial charge < -0.3 is 10.2 Å². The Morgan fingerprint density at radius 3 is 2.57 bits per heavy atom. The van der Waals surface area contributed by atoms with E-state index in [4.69, 9.17) is 0 Å². The minimum atomic E-state index is 0.139. The number of nitrogens with zero attached hydrogens (tertiary/aromatic N) is 2. The summed E-state index contributed by atoms with van der Waals surface area (Å²) in [5, 5.41) is 3.65. The van der Waals surface area contributed by atoms with Crippen molar-refractivity contribution in [1.29, 1.82) is 0 Å². The van der Waals surface area contributed by atoms with E-state index in [1.165, 1.54) is 19.4 Å². The van der Waals surface area contributed by atoms with Gasteiger partial charge in [0.15, 0.2) is 0 Å². The fraction of sp³-hybridized carbons (Fsp3) is 0.647. The second-order valence-electron chi connectivity index (χ2n) is 6.50. The third-order valence-corrected chi connectivity index (χ3v) is 4.63. The second kappa shape index (κ2) is 6.14. The molecule has 4 heteroatoms. The predicted octanol–water partition coefficient (Wildman–Crippen LogP) is 2.30. The van der Waals surface area contributed by atoms with E-state index in [-0.39, 0.29) is 5.91 Å². The number of rotatable bonds is 4. The molecular weight excluding hydrogens is 262 g/mol. The Morgan fingerprint density at radius 2 is 1.95 bits per heavy atom. The van der Waals surface area contributed by atoms with Crippen LogP contribution in [0.25, 0.3) is 0 Å².